The minimum Gasteiger partial charge on any atom is -0.336 e. The Morgan fingerprint density at radius 1 is 0.900 bits per heavy atom. The summed E-state index contributed by atoms with van der Waals surface area (Å²) < 4.78 is 0. The van der Waals surface area contributed by atoms with E-state index in [2.05, 4.69) is 11.1 Å². The van der Waals surface area contributed by atoms with Gasteiger partial charge in [-0.25, -0.2) is 0 Å². The summed E-state index contributed by atoms with van der Waals surface area (Å²) in [6, 6.07) is 20.5. The number of fused-ring (bicyclic) bond motifs is 1. The molecule has 2 aliphatic rings. The van der Waals surface area contributed by atoms with Crippen LogP contribution in [0.15, 0.2) is 78.6 Å². The highest BCUT2D eigenvalue weighted by Gasteiger charge is 2.43. The number of hydrogen-bond donors (Lipinski definition) is 0. The number of nitrogens with zero attached hydrogens (tertiary/aromatic N) is 3. The van der Waals surface area contributed by atoms with Crippen LogP contribution in [0.5, 0.6) is 0 Å². The minimum absolute atomic E-state index is 0.134. The quantitative estimate of drug-likeness (QED) is 0.602. The van der Waals surface area contributed by atoms with Crippen molar-refractivity contribution in [3.63, 3.8) is 0 Å². The molecule has 6 heteroatoms. The van der Waals surface area contributed by atoms with Crippen LogP contribution in [0.25, 0.3) is 5.57 Å². The first-order valence-electron chi connectivity index (χ1n) is 9.75. The number of para-hydroxylation sites is 1. The number of halogens is 1. The molecule has 0 aliphatic carbocycles. The Kier molecular flexibility index (Phi) is 4.60. The number of hydrogen-bond acceptors (Lipinski definition) is 4. The Hall–Kier alpha value is -3.44. The highest BCUT2D eigenvalue weighted by atomic mass is 35.5. The zero-order valence-corrected chi connectivity index (χ0v) is 16.8. The van der Waals surface area contributed by atoms with Gasteiger partial charge in [0.2, 0.25) is 0 Å². The lowest BCUT2D eigenvalue weighted by Crippen LogP contribution is -2.34. The maximum Gasteiger partial charge on any atom is 0.278 e. The van der Waals surface area contributed by atoms with Crippen molar-refractivity contribution in [3.8, 4) is 0 Å². The first-order valence-corrected chi connectivity index (χ1v) is 10.1. The predicted octanol–water partition coefficient (Wildman–Crippen LogP) is 4.08. The maximum absolute atomic E-state index is 13.5. The Bertz CT molecular complexity index is 1170. The third kappa shape index (κ3) is 3.08. The summed E-state index contributed by atoms with van der Waals surface area (Å²) in [6.07, 6.45) is 2.49. The SMILES string of the molecule is O=C1C(c2ccc(Cl)cc2)=C(N2CCc3ccccc32)C(=O)N1Cc1ccccn1. The molecule has 30 heavy (non-hydrogen) atoms. The van der Waals surface area contributed by atoms with Gasteiger partial charge in [-0.05, 0) is 47.9 Å². The van der Waals surface area contributed by atoms with Gasteiger partial charge in [0.05, 0.1) is 17.8 Å². The van der Waals surface area contributed by atoms with Crippen molar-refractivity contribution in [3.05, 3.63) is 100 Å². The number of imide groups is 1. The van der Waals surface area contributed by atoms with Crippen molar-refractivity contribution in [2.24, 2.45) is 0 Å². The molecule has 0 bridgehead atoms. The van der Waals surface area contributed by atoms with E-state index in [1.807, 2.05) is 35.2 Å². The van der Waals surface area contributed by atoms with E-state index in [0.717, 1.165) is 12.1 Å². The van der Waals surface area contributed by atoms with E-state index in [1.54, 1.807) is 36.5 Å². The van der Waals surface area contributed by atoms with E-state index in [-0.39, 0.29) is 18.4 Å². The fourth-order valence-corrected chi connectivity index (χ4v) is 4.18. The number of amides is 2. The number of benzene rings is 2. The number of rotatable bonds is 4. The molecule has 1 aromatic heterocycles. The smallest absolute Gasteiger partial charge is 0.278 e. The first kappa shape index (κ1) is 18.6. The van der Waals surface area contributed by atoms with E-state index in [0.29, 0.717) is 34.1 Å². The summed E-state index contributed by atoms with van der Waals surface area (Å²) in [7, 11) is 0. The van der Waals surface area contributed by atoms with E-state index < -0.39 is 0 Å². The maximum atomic E-state index is 13.5. The lowest BCUT2D eigenvalue weighted by Gasteiger charge is -2.21. The molecule has 2 amide bonds. The second-order valence-corrected chi connectivity index (χ2v) is 7.71. The van der Waals surface area contributed by atoms with Crippen LogP contribution in [-0.2, 0) is 22.6 Å². The zero-order valence-electron chi connectivity index (χ0n) is 16.1. The summed E-state index contributed by atoms with van der Waals surface area (Å²) >= 11 is 6.05. The summed E-state index contributed by atoms with van der Waals surface area (Å²) in [5.41, 5.74) is 4.31. The molecule has 2 aromatic carbocycles. The van der Waals surface area contributed by atoms with Gasteiger partial charge in [0.15, 0.2) is 0 Å². The molecular weight excluding hydrogens is 398 g/mol. The zero-order chi connectivity index (χ0) is 20.7. The van der Waals surface area contributed by atoms with Crippen LogP contribution in [0, 0.1) is 0 Å². The Labute approximate surface area is 179 Å². The fraction of sp³-hybridized carbons (Fsp3) is 0.125. The van der Waals surface area contributed by atoms with E-state index in [9.17, 15) is 9.59 Å². The number of carbonyl (C=O) groups is 2. The molecular formula is C24H18ClN3O2. The molecule has 0 unspecified atom stereocenters. The molecule has 0 radical (unpaired) electrons. The van der Waals surface area contributed by atoms with Gasteiger partial charge in [-0.2, -0.15) is 0 Å². The molecule has 5 rings (SSSR count). The molecule has 0 fully saturated rings. The van der Waals surface area contributed by atoms with Gasteiger partial charge >= 0.3 is 0 Å². The Morgan fingerprint density at radius 2 is 1.67 bits per heavy atom. The van der Waals surface area contributed by atoms with Gasteiger partial charge in [-0.15, -0.1) is 0 Å². The van der Waals surface area contributed by atoms with Crippen molar-refractivity contribution >= 4 is 34.7 Å². The van der Waals surface area contributed by atoms with Crippen molar-refractivity contribution in [2.75, 3.05) is 11.4 Å². The third-order valence-electron chi connectivity index (χ3n) is 5.48. The van der Waals surface area contributed by atoms with Gasteiger partial charge in [0.25, 0.3) is 11.8 Å². The molecule has 0 spiro atoms. The second-order valence-electron chi connectivity index (χ2n) is 7.28. The molecule has 148 valence electrons. The van der Waals surface area contributed by atoms with Crippen LogP contribution in [0.3, 0.4) is 0 Å². The fourth-order valence-electron chi connectivity index (χ4n) is 4.06. The largest absolute Gasteiger partial charge is 0.336 e. The van der Waals surface area contributed by atoms with E-state index in [4.69, 9.17) is 11.6 Å². The summed E-state index contributed by atoms with van der Waals surface area (Å²) in [5.74, 6) is -0.611. The highest BCUT2D eigenvalue weighted by molar-refractivity contribution is 6.37. The second kappa shape index (κ2) is 7.43. The van der Waals surface area contributed by atoms with Crippen LogP contribution < -0.4 is 4.90 Å². The number of pyridine rings is 1. The highest BCUT2D eigenvalue weighted by Crippen LogP contribution is 2.39. The lowest BCUT2D eigenvalue weighted by atomic mass is 10.0. The van der Waals surface area contributed by atoms with Crippen LogP contribution in [-0.4, -0.2) is 28.2 Å². The Balaban J connectivity index is 1.62. The summed E-state index contributed by atoms with van der Waals surface area (Å²) in [6.45, 7) is 0.788. The third-order valence-corrected chi connectivity index (χ3v) is 5.73. The first-order chi connectivity index (χ1) is 14.6. The predicted molar refractivity (Wildman–Crippen MR) is 116 cm³/mol. The van der Waals surface area contributed by atoms with Gasteiger partial charge in [0, 0.05) is 23.5 Å². The normalized spacial score (nSPS) is 15.9. The molecule has 3 heterocycles. The van der Waals surface area contributed by atoms with Crippen LogP contribution in [0.1, 0.15) is 16.8 Å². The lowest BCUT2D eigenvalue weighted by molar-refractivity contribution is -0.137. The topological polar surface area (TPSA) is 53.5 Å². The minimum atomic E-state index is -0.313. The monoisotopic (exact) mass is 415 g/mol. The molecule has 5 nitrogen and oxygen atoms in total. The molecule has 3 aromatic rings. The molecule has 0 N–H and O–H groups in total. The Morgan fingerprint density at radius 3 is 2.43 bits per heavy atom. The molecule has 0 saturated carbocycles. The number of aromatic nitrogens is 1. The van der Waals surface area contributed by atoms with E-state index in [1.165, 1.54) is 10.5 Å². The van der Waals surface area contributed by atoms with Crippen molar-refractivity contribution < 1.29 is 9.59 Å². The standard InChI is InChI=1S/C24H18ClN3O2/c25-18-10-8-17(9-11-18)21-22(27-14-12-16-5-1-2-7-20(16)27)24(30)28(23(21)29)15-19-6-3-4-13-26-19/h1-11,13H,12,14-15H2. The summed E-state index contributed by atoms with van der Waals surface area (Å²) in [5, 5.41) is 0.578. The van der Waals surface area contributed by atoms with E-state index >= 15 is 0 Å². The summed E-state index contributed by atoms with van der Waals surface area (Å²) in [4.78, 5) is 34.5. The van der Waals surface area contributed by atoms with Crippen LogP contribution >= 0.6 is 11.6 Å². The van der Waals surface area contributed by atoms with Gasteiger partial charge in [-0.1, -0.05) is 48.0 Å². The van der Waals surface area contributed by atoms with Crippen molar-refractivity contribution in [1.82, 2.24) is 9.88 Å². The number of anilines is 1. The number of carbonyl (C=O) groups excluding carboxylic acids is 2. The van der Waals surface area contributed by atoms with Gasteiger partial charge < -0.3 is 4.90 Å². The van der Waals surface area contributed by atoms with Crippen molar-refractivity contribution in [1.29, 1.82) is 0 Å². The van der Waals surface area contributed by atoms with Crippen LogP contribution in [0.2, 0.25) is 5.02 Å². The average molecular weight is 416 g/mol. The van der Waals surface area contributed by atoms with Gasteiger partial charge in [-0.3, -0.25) is 19.5 Å². The van der Waals surface area contributed by atoms with Crippen LogP contribution in [0.4, 0.5) is 5.69 Å². The average Bonchev–Trinajstić information content (AvgIpc) is 3.29. The molecule has 0 saturated heterocycles. The van der Waals surface area contributed by atoms with Crippen molar-refractivity contribution in [2.45, 2.75) is 13.0 Å². The molecule has 2 aliphatic heterocycles. The van der Waals surface area contributed by atoms with Gasteiger partial charge in [0.1, 0.15) is 5.70 Å². The molecule has 0 atom stereocenters.